The quantitative estimate of drug-likeness (QED) is 0.144. The molecule has 0 unspecified atom stereocenters. The van der Waals surface area contributed by atoms with Gasteiger partial charge in [-0.3, -0.25) is 15.1 Å². The predicted octanol–water partition coefficient (Wildman–Crippen LogP) is 6.05. The van der Waals surface area contributed by atoms with Gasteiger partial charge in [-0.1, -0.05) is 43.2 Å². The van der Waals surface area contributed by atoms with Crippen molar-refractivity contribution >= 4 is 23.2 Å². The standard InChI is InChI=1S/C35H42F3N7O/c1-23-9-14-28(19-24(23)10-13-27-22-45(29-7-5-4-6-8-29)33(41-2)31(27)32(39)40)42-34(46)25-11-12-26(30(20-25)35(36,37)38)21-44-17-15-43(3)16-18-44/h9,11-12,14,19-20,22,29,41H,4-8,15-18,21H2,1-3H3,(H3,39,40)(H,42,46). The summed E-state index contributed by atoms with van der Waals surface area (Å²) in [6.45, 7) is 5.04. The van der Waals surface area contributed by atoms with Crippen LogP contribution in [0.25, 0.3) is 0 Å². The fourth-order valence-electron chi connectivity index (χ4n) is 6.33. The second-order valence-electron chi connectivity index (χ2n) is 12.3. The molecule has 1 saturated heterocycles. The molecule has 244 valence electrons. The van der Waals surface area contributed by atoms with Crippen LogP contribution in [0.2, 0.25) is 0 Å². The number of amidine groups is 1. The summed E-state index contributed by atoms with van der Waals surface area (Å²) in [7, 11) is 3.81. The van der Waals surface area contributed by atoms with Gasteiger partial charge in [0.15, 0.2) is 0 Å². The van der Waals surface area contributed by atoms with Crippen LogP contribution in [0.1, 0.15) is 81.9 Å². The Balaban J connectivity index is 1.38. The summed E-state index contributed by atoms with van der Waals surface area (Å²) in [5.41, 5.74) is 8.40. The Morgan fingerprint density at radius 1 is 1.02 bits per heavy atom. The van der Waals surface area contributed by atoms with Crippen LogP contribution in [-0.4, -0.2) is 66.4 Å². The average molecular weight is 634 g/mol. The highest BCUT2D eigenvalue weighted by Gasteiger charge is 2.34. The molecule has 5 rings (SSSR count). The largest absolute Gasteiger partial charge is 0.416 e. The van der Waals surface area contributed by atoms with Gasteiger partial charge in [0.1, 0.15) is 11.7 Å². The van der Waals surface area contributed by atoms with Crippen molar-refractivity contribution in [3.8, 4) is 11.8 Å². The zero-order valence-corrected chi connectivity index (χ0v) is 26.7. The number of nitrogens with two attached hydrogens (primary N) is 1. The van der Waals surface area contributed by atoms with E-state index in [2.05, 4.69) is 31.9 Å². The van der Waals surface area contributed by atoms with Gasteiger partial charge in [0.05, 0.1) is 16.7 Å². The maximum absolute atomic E-state index is 14.1. The smallest absolute Gasteiger partial charge is 0.384 e. The number of benzene rings is 2. The van der Waals surface area contributed by atoms with E-state index in [9.17, 15) is 18.0 Å². The number of hydrogen-bond donors (Lipinski definition) is 4. The lowest BCUT2D eigenvalue weighted by Crippen LogP contribution is -2.44. The number of carbonyl (C=O) groups excluding carboxylic acids is 1. The summed E-state index contributed by atoms with van der Waals surface area (Å²) < 4.78 is 44.4. The highest BCUT2D eigenvalue weighted by atomic mass is 19.4. The predicted molar refractivity (Wildman–Crippen MR) is 176 cm³/mol. The maximum Gasteiger partial charge on any atom is 0.416 e. The van der Waals surface area contributed by atoms with Crippen molar-refractivity contribution in [1.29, 1.82) is 5.41 Å². The van der Waals surface area contributed by atoms with Gasteiger partial charge in [0.2, 0.25) is 0 Å². The number of likely N-dealkylation sites (N-methyl/N-ethyl adjacent to an activating group) is 1. The highest BCUT2D eigenvalue weighted by molar-refractivity contribution is 6.04. The van der Waals surface area contributed by atoms with Crippen molar-refractivity contribution in [3.05, 3.63) is 81.5 Å². The molecule has 0 bridgehead atoms. The molecule has 1 aliphatic carbocycles. The first kappa shape index (κ1) is 33.1. The molecule has 46 heavy (non-hydrogen) atoms. The molecule has 1 aromatic heterocycles. The Morgan fingerprint density at radius 2 is 1.72 bits per heavy atom. The zero-order valence-electron chi connectivity index (χ0n) is 26.7. The summed E-state index contributed by atoms with van der Waals surface area (Å²) >= 11 is 0. The lowest BCUT2D eigenvalue weighted by atomic mass is 9.95. The molecule has 2 aliphatic rings. The minimum Gasteiger partial charge on any atom is -0.384 e. The number of rotatable bonds is 7. The third-order valence-corrected chi connectivity index (χ3v) is 9.00. The van der Waals surface area contributed by atoms with Gasteiger partial charge in [-0.15, -0.1) is 0 Å². The molecule has 5 N–H and O–H groups in total. The first-order valence-corrected chi connectivity index (χ1v) is 15.8. The molecular weight excluding hydrogens is 591 g/mol. The summed E-state index contributed by atoms with van der Waals surface area (Å²) in [6, 6.07) is 9.32. The van der Waals surface area contributed by atoms with E-state index in [-0.39, 0.29) is 23.5 Å². The topological polar surface area (TPSA) is 102 Å². The van der Waals surface area contributed by atoms with Crippen LogP contribution in [0.5, 0.6) is 0 Å². The number of aryl methyl sites for hydroxylation is 1. The Hall–Kier alpha value is -4.27. The number of halogens is 3. The summed E-state index contributed by atoms with van der Waals surface area (Å²) in [5, 5.41) is 14.2. The van der Waals surface area contributed by atoms with Crippen LogP contribution in [0, 0.1) is 24.2 Å². The van der Waals surface area contributed by atoms with Gasteiger partial charge in [0.25, 0.3) is 5.91 Å². The first-order chi connectivity index (χ1) is 21.9. The summed E-state index contributed by atoms with van der Waals surface area (Å²) in [6.07, 6.45) is 2.99. The second-order valence-corrected chi connectivity index (χ2v) is 12.3. The molecule has 1 aliphatic heterocycles. The molecular formula is C35H42F3N7O. The lowest BCUT2D eigenvalue weighted by molar-refractivity contribution is -0.138. The van der Waals surface area contributed by atoms with E-state index in [1.54, 1.807) is 18.2 Å². The van der Waals surface area contributed by atoms with E-state index < -0.39 is 17.6 Å². The maximum atomic E-state index is 14.1. The summed E-state index contributed by atoms with van der Waals surface area (Å²) in [4.78, 5) is 17.3. The third-order valence-electron chi connectivity index (χ3n) is 9.00. The fraction of sp³-hybridized carbons (Fsp3) is 0.429. The average Bonchev–Trinajstić information content (AvgIpc) is 3.41. The summed E-state index contributed by atoms with van der Waals surface area (Å²) in [5.74, 6) is 6.42. The molecule has 1 saturated carbocycles. The normalized spacial score (nSPS) is 16.5. The van der Waals surface area contributed by atoms with Gasteiger partial charge in [-0.25, -0.2) is 0 Å². The van der Waals surface area contributed by atoms with Gasteiger partial charge in [0, 0.05) is 68.8 Å². The number of carbonyl (C=O) groups is 1. The molecule has 8 nitrogen and oxygen atoms in total. The highest BCUT2D eigenvalue weighted by Crippen LogP contribution is 2.35. The van der Waals surface area contributed by atoms with E-state index in [4.69, 9.17) is 11.1 Å². The van der Waals surface area contributed by atoms with Crippen molar-refractivity contribution < 1.29 is 18.0 Å². The number of nitrogen functional groups attached to an aromatic ring is 1. The minimum absolute atomic E-state index is 0.0718. The van der Waals surface area contributed by atoms with Crippen LogP contribution in [-0.2, 0) is 12.7 Å². The van der Waals surface area contributed by atoms with Crippen LogP contribution in [0.15, 0.2) is 42.6 Å². The van der Waals surface area contributed by atoms with Crippen LogP contribution in [0.3, 0.4) is 0 Å². The van der Waals surface area contributed by atoms with E-state index >= 15 is 0 Å². The van der Waals surface area contributed by atoms with Crippen molar-refractivity contribution in [1.82, 2.24) is 14.4 Å². The van der Waals surface area contributed by atoms with Gasteiger partial charge < -0.3 is 25.8 Å². The minimum atomic E-state index is -4.59. The molecule has 11 heteroatoms. The second kappa shape index (κ2) is 14.0. The molecule has 2 aromatic carbocycles. The van der Waals surface area contributed by atoms with Crippen molar-refractivity contribution in [2.75, 3.05) is 50.9 Å². The number of hydrogen-bond acceptors (Lipinski definition) is 5. The Labute approximate surface area is 268 Å². The van der Waals surface area contributed by atoms with Crippen LogP contribution < -0.4 is 16.4 Å². The van der Waals surface area contributed by atoms with Crippen LogP contribution >= 0.6 is 0 Å². The van der Waals surface area contributed by atoms with E-state index in [1.807, 2.05) is 32.1 Å². The van der Waals surface area contributed by atoms with E-state index in [0.29, 0.717) is 41.5 Å². The molecule has 3 aromatic rings. The Bertz CT molecular complexity index is 1650. The number of aromatic nitrogens is 1. The first-order valence-electron chi connectivity index (χ1n) is 15.8. The van der Waals surface area contributed by atoms with E-state index in [1.165, 1.54) is 18.6 Å². The molecule has 2 heterocycles. The monoisotopic (exact) mass is 633 g/mol. The zero-order chi connectivity index (χ0) is 33.0. The van der Waals surface area contributed by atoms with E-state index in [0.717, 1.165) is 56.2 Å². The number of nitrogens with one attached hydrogen (secondary N) is 3. The third kappa shape index (κ3) is 7.57. The number of anilines is 2. The van der Waals surface area contributed by atoms with Gasteiger partial charge in [-0.05, 0) is 62.2 Å². The van der Waals surface area contributed by atoms with Gasteiger partial charge in [-0.2, -0.15) is 13.2 Å². The van der Waals surface area contributed by atoms with Crippen molar-refractivity contribution in [3.63, 3.8) is 0 Å². The van der Waals surface area contributed by atoms with Gasteiger partial charge >= 0.3 is 6.18 Å². The van der Waals surface area contributed by atoms with Crippen molar-refractivity contribution in [2.24, 2.45) is 5.73 Å². The fourth-order valence-corrected chi connectivity index (χ4v) is 6.33. The van der Waals surface area contributed by atoms with Crippen molar-refractivity contribution in [2.45, 2.75) is 57.8 Å². The Kier molecular flexibility index (Phi) is 10.1. The lowest BCUT2D eigenvalue weighted by Gasteiger charge is -2.33. The molecule has 1 amide bonds. The number of piperazine rings is 1. The molecule has 0 radical (unpaired) electrons. The number of alkyl halides is 3. The molecule has 0 spiro atoms. The van der Waals surface area contributed by atoms with Crippen LogP contribution in [0.4, 0.5) is 24.7 Å². The Morgan fingerprint density at radius 3 is 2.37 bits per heavy atom. The SMILES string of the molecule is CNc1c(C(=N)N)c(C#Cc2cc(NC(=O)c3ccc(CN4CCN(C)CC4)c(C(F)(F)F)c3)ccc2C)cn1C1CCCCC1. The number of amides is 1. The molecule has 2 fully saturated rings. The number of nitrogens with zero attached hydrogens (tertiary/aromatic N) is 3. The molecule has 0 atom stereocenters.